The van der Waals surface area contributed by atoms with Gasteiger partial charge in [-0.3, -0.25) is 4.99 Å². The summed E-state index contributed by atoms with van der Waals surface area (Å²) in [6.45, 7) is 2.19. The third-order valence-corrected chi connectivity index (χ3v) is 6.20. The fourth-order valence-corrected chi connectivity index (χ4v) is 4.85. The van der Waals surface area contributed by atoms with Crippen LogP contribution in [0.4, 0.5) is 0 Å². The monoisotopic (exact) mass is 287 g/mol. The fraction of sp³-hybridized carbons (Fsp3) is 0.917. The van der Waals surface area contributed by atoms with Crippen molar-refractivity contribution in [3.8, 4) is 0 Å². The van der Waals surface area contributed by atoms with E-state index in [1.165, 1.54) is 0 Å². The van der Waals surface area contributed by atoms with Crippen molar-refractivity contribution in [2.45, 2.75) is 37.3 Å². The quantitative estimate of drug-likeness (QED) is 0.756. The molecule has 19 heavy (non-hydrogen) atoms. The average molecular weight is 287 g/mol. The lowest BCUT2D eigenvalue weighted by molar-refractivity contribution is 0.0623. The second kappa shape index (κ2) is 4.63. The molecule has 1 atom stereocenters. The molecule has 1 spiro atoms. The zero-order chi connectivity index (χ0) is 13.5. The van der Waals surface area contributed by atoms with Gasteiger partial charge in [0.05, 0.1) is 29.7 Å². The first kappa shape index (κ1) is 13.2. The number of ether oxygens (including phenoxy) is 1. The predicted octanol–water partition coefficient (Wildman–Crippen LogP) is -0.257. The topological polar surface area (TPSA) is 85.0 Å². The third kappa shape index (κ3) is 2.45. The van der Waals surface area contributed by atoms with Crippen LogP contribution in [0.2, 0.25) is 0 Å². The molecule has 0 saturated carbocycles. The van der Waals surface area contributed by atoms with E-state index in [2.05, 4.69) is 9.89 Å². The van der Waals surface area contributed by atoms with Crippen LogP contribution >= 0.6 is 0 Å². The minimum Gasteiger partial charge on any atom is -0.376 e. The van der Waals surface area contributed by atoms with Gasteiger partial charge in [0.15, 0.2) is 15.8 Å². The van der Waals surface area contributed by atoms with E-state index < -0.39 is 9.84 Å². The van der Waals surface area contributed by atoms with Gasteiger partial charge < -0.3 is 15.4 Å². The summed E-state index contributed by atoms with van der Waals surface area (Å²) in [4.78, 5) is 6.46. The van der Waals surface area contributed by atoms with Gasteiger partial charge in [0.2, 0.25) is 0 Å². The highest BCUT2D eigenvalue weighted by molar-refractivity contribution is 7.91. The molecule has 2 saturated heterocycles. The Bertz CT molecular complexity index is 468. The molecule has 2 N–H and O–H groups in total. The second-order valence-corrected chi connectivity index (χ2v) is 8.10. The Hall–Kier alpha value is -0.820. The Morgan fingerprint density at radius 2 is 2.16 bits per heavy atom. The van der Waals surface area contributed by atoms with Crippen molar-refractivity contribution in [1.29, 1.82) is 0 Å². The third-order valence-electron chi connectivity index (χ3n) is 4.55. The molecule has 108 valence electrons. The lowest BCUT2D eigenvalue weighted by Gasteiger charge is -2.42. The van der Waals surface area contributed by atoms with Gasteiger partial charge in [-0.15, -0.1) is 0 Å². The first-order valence-electron chi connectivity index (χ1n) is 6.90. The maximum atomic E-state index is 11.6. The molecule has 0 amide bonds. The highest BCUT2D eigenvalue weighted by Gasteiger charge is 2.46. The Morgan fingerprint density at radius 3 is 2.79 bits per heavy atom. The van der Waals surface area contributed by atoms with E-state index in [1.807, 2.05) is 0 Å². The van der Waals surface area contributed by atoms with Gasteiger partial charge in [0.1, 0.15) is 0 Å². The largest absolute Gasteiger partial charge is 0.376 e. The van der Waals surface area contributed by atoms with E-state index in [0.717, 1.165) is 26.0 Å². The molecule has 1 unspecified atom stereocenters. The molecule has 6 nitrogen and oxygen atoms in total. The van der Waals surface area contributed by atoms with E-state index >= 15 is 0 Å². The first-order chi connectivity index (χ1) is 9.01. The Kier molecular flexibility index (Phi) is 3.21. The van der Waals surface area contributed by atoms with Crippen LogP contribution in [0.1, 0.15) is 25.7 Å². The maximum Gasteiger partial charge on any atom is 0.191 e. The van der Waals surface area contributed by atoms with Crippen molar-refractivity contribution in [1.82, 2.24) is 4.90 Å². The van der Waals surface area contributed by atoms with Gasteiger partial charge >= 0.3 is 0 Å². The molecular formula is C12H21N3O3S. The number of hydrogen-bond acceptors (Lipinski definition) is 6. The SMILES string of the molecule is NC1=NCC2(CCS(=O)(=O)CC2)N1CC1CCCO1. The summed E-state index contributed by atoms with van der Waals surface area (Å²) in [6, 6.07) is 0. The van der Waals surface area contributed by atoms with Crippen molar-refractivity contribution in [2.24, 2.45) is 10.7 Å². The van der Waals surface area contributed by atoms with Crippen LogP contribution in [0.15, 0.2) is 4.99 Å². The second-order valence-electron chi connectivity index (χ2n) is 5.80. The van der Waals surface area contributed by atoms with E-state index in [4.69, 9.17) is 10.5 Å². The number of nitrogens with two attached hydrogens (primary N) is 1. The van der Waals surface area contributed by atoms with Crippen molar-refractivity contribution >= 4 is 15.8 Å². The van der Waals surface area contributed by atoms with E-state index in [0.29, 0.717) is 25.3 Å². The van der Waals surface area contributed by atoms with Gasteiger partial charge in [0.25, 0.3) is 0 Å². The summed E-state index contributed by atoms with van der Waals surface area (Å²) in [5.41, 5.74) is 5.82. The first-order valence-corrected chi connectivity index (χ1v) is 8.73. The number of hydrogen-bond donors (Lipinski definition) is 1. The highest BCUT2D eigenvalue weighted by atomic mass is 32.2. The number of nitrogens with zero attached hydrogens (tertiary/aromatic N) is 2. The van der Waals surface area contributed by atoms with Crippen LogP contribution in [0.25, 0.3) is 0 Å². The summed E-state index contributed by atoms with van der Waals surface area (Å²) >= 11 is 0. The van der Waals surface area contributed by atoms with Gasteiger partial charge in [-0.1, -0.05) is 0 Å². The highest BCUT2D eigenvalue weighted by Crippen LogP contribution is 2.34. The van der Waals surface area contributed by atoms with Crippen LogP contribution in [-0.4, -0.2) is 62.1 Å². The number of sulfone groups is 1. The molecule has 7 heteroatoms. The summed E-state index contributed by atoms with van der Waals surface area (Å²) in [6.07, 6.45) is 3.62. The molecule has 3 heterocycles. The van der Waals surface area contributed by atoms with Crippen LogP contribution in [0.5, 0.6) is 0 Å². The minimum absolute atomic E-state index is 0.179. The Labute approximate surface area is 113 Å². The van der Waals surface area contributed by atoms with Crippen molar-refractivity contribution in [3.63, 3.8) is 0 Å². The van der Waals surface area contributed by atoms with E-state index in [-0.39, 0.29) is 23.1 Å². The van der Waals surface area contributed by atoms with Crippen molar-refractivity contribution in [3.05, 3.63) is 0 Å². The summed E-state index contributed by atoms with van der Waals surface area (Å²) in [5, 5.41) is 0. The van der Waals surface area contributed by atoms with Gasteiger partial charge in [-0.05, 0) is 25.7 Å². The van der Waals surface area contributed by atoms with Crippen LogP contribution in [-0.2, 0) is 14.6 Å². The molecule has 3 aliphatic heterocycles. The molecule has 0 aliphatic carbocycles. The zero-order valence-corrected chi connectivity index (χ0v) is 11.9. The predicted molar refractivity (Wildman–Crippen MR) is 72.8 cm³/mol. The molecule has 0 aromatic rings. The lowest BCUT2D eigenvalue weighted by atomic mass is 9.91. The van der Waals surface area contributed by atoms with Crippen LogP contribution in [0.3, 0.4) is 0 Å². The molecule has 3 rings (SSSR count). The lowest BCUT2D eigenvalue weighted by Crippen LogP contribution is -2.57. The smallest absolute Gasteiger partial charge is 0.191 e. The molecule has 0 bridgehead atoms. The van der Waals surface area contributed by atoms with E-state index in [1.54, 1.807) is 0 Å². The zero-order valence-electron chi connectivity index (χ0n) is 11.0. The van der Waals surface area contributed by atoms with Crippen molar-refractivity contribution in [2.75, 3.05) is 31.2 Å². The molecule has 0 aromatic heterocycles. The molecule has 2 fully saturated rings. The van der Waals surface area contributed by atoms with Gasteiger partial charge in [-0.25, -0.2) is 8.42 Å². The number of guanidine groups is 1. The average Bonchev–Trinajstić information content (AvgIpc) is 2.97. The number of rotatable bonds is 2. The maximum absolute atomic E-state index is 11.6. The Balaban J connectivity index is 1.74. The number of aliphatic imine (C=N–C) groups is 1. The van der Waals surface area contributed by atoms with Crippen molar-refractivity contribution < 1.29 is 13.2 Å². The molecule has 3 aliphatic rings. The molecule has 0 radical (unpaired) electrons. The van der Waals surface area contributed by atoms with Gasteiger partial charge in [0, 0.05) is 13.2 Å². The standard InChI is InChI=1S/C12H21N3O3S/c13-11-14-9-12(3-6-19(16,17)7-4-12)15(11)8-10-2-1-5-18-10/h10H,1-9H2,(H2,13,14). The summed E-state index contributed by atoms with van der Waals surface area (Å²) in [7, 11) is -2.86. The normalized spacial score (nSPS) is 32.7. The summed E-state index contributed by atoms with van der Waals surface area (Å²) in [5.74, 6) is 1.05. The van der Waals surface area contributed by atoms with Gasteiger partial charge in [-0.2, -0.15) is 0 Å². The van der Waals surface area contributed by atoms with E-state index in [9.17, 15) is 8.42 Å². The fourth-order valence-electron chi connectivity index (χ4n) is 3.27. The molecule has 0 aromatic carbocycles. The minimum atomic E-state index is -2.86. The Morgan fingerprint density at radius 1 is 1.42 bits per heavy atom. The molecular weight excluding hydrogens is 266 g/mol. The van der Waals surface area contributed by atoms with Crippen LogP contribution in [0, 0.1) is 0 Å². The van der Waals surface area contributed by atoms with Crippen LogP contribution < -0.4 is 5.73 Å². The summed E-state index contributed by atoms with van der Waals surface area (Å²) < 4.78 is 28.9.